The summed E-state index contributed by atoms with van der Waals surface area (Å²) in [6, 6.07) is 0. The van der Waals surface area contributed by atoms with Crippen molar-refractivity contribution in [1.82, 2.24) is 4.98 Å². The van der Waals surface area contributed by atoms with Crippen LogP contribution in [-0.2, 0) is 11.3 Å². The summed E-state index contributed by atoms with van der Waals surface area (Å²) in [5, 5.41) is 9.07. The summed E-state index contributed by atoms with van der Waals surface area (Å²) in [7, 11) is 2.92. The van der Waals surface area contributed by atoms with Crippen LogP contribution in [0.1, 0.15) is 21.6 Å². The molecule has 1 aromatic heterocycles. The van der Waals surface area contributed by atoms with Crippen LogP contribution in [0.2, 0.25) is 0 Å². The number of nitrogens with zero attached hydrogens (tertiary/aromatic N) is 1. The molecule has 1 heterocycles. The lowest BCUT2D eigenvalue weighted by Gasteiger charge is -2.11. The predicted octanol–water partition coefficient (Wildman–Crippen LogP) is 1.24. The van der Waals surface area contributed by atoms with Gasteiger partial charge in [-0.2, -0.15) is 0 Å². The number of pyridine rings is 1. The molecule has 0 unspecified atom stereocenters. The lowest BCUT2D eigenvalue weighted by molar-refractivity contribution is 0.0687. The minimum Gasteiger partial charge on any atom is -0.494 e. The van der Waals surface area contributed by atoms with Gasteiger partial charge in [0, 0.05) is 18.9 Å². The fourth-order valence-corrected chi connectivity index (χ4v) is 1.37. The van der Waals surface area contributed by atoms with E-state index >= 15 is 0 Å². The van der Waals surface area contributed by atoms with Crippen LogP contribution in [0.5, 0.6) is 5.75 Å². The highest BCUT2D eigenvalue weighted by Crippen LogP contribution is 2.25. The topological polar surface area (TPSA) is 68.7 Å². The molecule has 5 heteroatoms. The second-order valence-corrected chi connectivity index (χ2v) is 3.02. The Kier molecular flexibility index (Phi) is 3.62. The first kappa shape index (κ1) is 11.5. The van der Waals surface area contributed by atoms with E-state index in [4.69, 9.17) is 14.6 Å². The van der Waals surface area contributed by atoms with Crippen molar-refractivity contribution < 1.29 is 19.4 Å². The zero-order valence-electron chi connectivity index (χ0n) is 8.90. The van der Waals surface area contributed by atoms with Crippen molar-refractivity contribution in [3.8, 4) is 5.75 Å². The van der Waals surface area contributed by atoms with Crippen molar-refractivity contribution in [2.45, 2.75) is 13.5 Å². The maximum absolute atomic E-state index is 11.1. The Labute approximate surface area is 87.7 Å². The Bertz CT molecular complexity index is 376. The zero-order valence-corrected chi connectivity index (χ0v) is 8.90. The van der Waals surface area contributed by atoms with E-state index in [0.29, 0.717) is 11.3 Å². The first-order valence-corrected chi connectivity index (χ1v) is 4.36. The quantitative estimate of drug-likeness (QED) is 0.811. The largest absolute Gasteiger partial charge is 0.494 e. The van der Waals surface area contributed by atoms with Gasteiger partial charge in [-0.1, -0.05) is 0 Å². The Morgan fingerprint density at radius 2 is 2.20 bits per heavy atom. The van der Waals surface area contributed by atoms with Gasteiger partial charge in [-0.3, -0.25) is 4.98 Å². The Morgan fingerprint density at radius 1 is 1.53 bits per heavy atom. The number of ether oxygens (including phenoxy) is 2. The summed E-state index contributed by atoms with van der Waals surface area (Å²) in [6.07, 6.45) is 1.49. The van der Waals surface area contributed by atoms with Crippen LogP contribution >= 0.6 is 0 Å². The lowest BCUT2D eigenvalue weighted by atomic mass is 10.1. The number of aromatic nitrogens is 1. The van der Waals surface area contributed by atoms with E-state index in [1.807, 2.05) is 0 Å². The number of hydrogen-bond acceptors (Lipinski definition) is 4. The zero-order chi connectivity index (χ0) is 11.4. The number of carboxylic acids is 1. The average Bonchev–Trinajstić information content (AvgIpc) is 2.20. The first-order chi connectivity index (χ1) is 7.11. The van der Waals surface area contributed by atoms with Crippen LogP contribution in [0.3, 0.4) is 0 Å². The smallest absolute Gasteiger partial charge is 0.339 e. The Balaban J connectivity index is 3.35. The van der Waals surface area contributed by atoms with Gasteiger partial charge in [0.15, 0.2) is 5.75 Å². The molecule has 5 nitrogen and oxygen atoms in total. The van der Waals surface area contributed by atoms with Crippen molar-refractivity contribution in [2.24, 2.45) is 0 Å². The number of hydrogen-bond donors (Lipinski definition) is 1. The molecule has 0 saturated carbocycles. The molecular weight excluding hydrogens is 198 g/mol. The van der Waals surface area contributed by atoms with Crippen molar-refractivity contribution in [2.75, 3.05) is 14.2 Å². The average molecular weight is 211 g/mol. The number of aromatic carboxylic acids is 1. The molecule has 0 fully saturated rings. The van der Waals surface area contributed by atoms with Crippen molar-refractivity contribution >= 4 is 5.97 Å². The molecule has 0 atom stereocenters. The minimum absolute atomic E-state index is 0.117. The molecular formula is C10H13NO4. The fourth-order valence-electron chi connectivity index (χ4n) is 1.37. The molecule has 0 radical (unpaired) electrons. The molecule has 0 bridgehead atoms. The number of carboxylic acid groups (broad SMARTS) is 1. The third-order valence-corrected chi connectivity index (χ3v) is 2.01. The van der Waals surface area contributed by atoms with Gasteiger partial charge in [-0.15, -0.1) is 0 Å². The van der Waals surface area contributed by atoms with Gasteiger partial charge in [0.2, 0.25) is 0 Å². The molecule has 82 valence electrons. The van der Waals surface area contributed by atoms with Crippen LogP contribution in [0.15, 0.2) is 6.20 Å². The van der Waals surface area contributed by atoms with Crippen LogP contribution in [0, 0.1) is 6.92 Å². The van der Waals surface area contributed by atoms with E-state index in [9.17, 15) is 4.79 Å². The van der Waals surface area contributed by atoms with Gasteiger partial charge in [0.25, 0.3) is 0 Å². The van der Waals surface area contributed by atoms with Crippen LogP contribution in [0.25, 0.3) is 0 Å². The molecule has 0 aliphatic carbocycles. The molecule has 0 saturated heterocycles. The highest BCUT2D eigenvalue weighted by molar-refractivity contribution is 5.92. The summed E-state index contributed by atoms with van der Waals surface area (Å²) in [5.74, 6) is -0.749. The van der Waals surface area contributed by atoms with Gasteiger partial charge in [-0.25, -0.2) is 4.79 Å². The molecule has 1 N–H and O–H groups in total. The number of aryl methyl sites for hydroxylation is 1. The molecule has 0 aliphatic heterocycles. The molecule has 0 spiro atoms. The first-order valence-electron chi connectivity index (χ1n) is 4.36. The van der Waals surface area contributed by atoms with E-state index in [1.54, 1.807) is 6.92 Å². The predicted molar refractivity (Wildman–Crippen MR) is 53.2 cm³/mol. The van der Waals surface area contributed by atoms with Crippen molar-refractivity contribution in [3.05, 3.63) is 23.0 Å². The summed E-state index contributed by atoms with van der Waals surface area (Å²) >= 11 is 0. The second-order valence-electron chi connectivity index (χ2n) is 3.02. The molecule has 0 amide bonds. The third kappa shape index (κ3) is 2.24. The summed E-state index contributed by atoms with van der Waals surface area (Å²) in [5.41, 5.74) is 1.18. The highest BCUT2D eigenvalue weighted by atomic mass is 16.5. The van der Waals surface area contributed by atoms with Gasteiger partial charge < -0.3 is 14.6 Å². The van der Waals surface area contributed by atoms with Crippen LogP contribution in [-0.4, -0.2) is 30.3 Å². The maximum Gasteiger partial charge on any atom is 0.339 e. The molecule has 1 rings (SSSR count). The van der Waals surface area contributed by atoms with E-state index < -0.39 is 5.97 Å². The van der Waals surface area contributed by atoms with Crippen molar-refractivity contribution in [3.63, 3.8) is 0 Å². The third-order valence-electron chi connectivity index (χ3n) is 2.01. The second kappa shape index (κ2) is 4.75. The highest BCUT2D eigenvalue weighted by Gasteiger charge is 2.19. The number of rotatable bonds is 4. The Morgan fingerprint density at radius 3 is 2.67 bits per heavy atom. The van der Waals surface area contributed by atoms with E-state index in [-0.39, 0.29) is 17.9 Å². The summed E-state index contributed by atoms with van der Waals surface area (Å²) in [4.78, 5) is 15.1. The van der Waals surface area contributed by atoms with Crippen LogP contribution in [0.4, 0.5) is 0 Å². The molecule has 0 aliphatic rings. The van der Waals surface area contributed by atoms with Gasteiger partial charge in [-0.05, 0) is 6.92 Å². The number of carbonyl (C=O) groups is 1. The van der Waals surface area contributed by atoms with Crippen LogP contribution < -0.4 is 4.74 Å². The van der Waals surface area contributed by atoms with E-state index in [2.05, 4.69) is 4.98 Å². The molecule has 15 heavy (non-hydrogen) atoms. The van der Waals surface area contributed by atoms with Gasteiger partial charge in [0.05, 0.1) is 19.4 Å². The standard InChI is InChI=1S/C10H13NO4/c1-6-9(15-3)8(10(12)13)7(4-11-6)5-14-2/h4H,5H2,1-3H3,(H,12,13). The van der Waals surface area contributed by atoms with Crippen molar-refractivity contribution in [1.29, 1.82) is 0 Å². The lowest BCUT2D eigenvalue weighted by Crippen LogP contribution is -2.09. The monoisotopic (exact) mass is 211 g/mol. The van der Waals surface area contributed by atoms with E-state index in [0.717, 1.165) is 0 Å². The normalized spacial score (nSPS) is 10.1. The number of methoxy groups -OCH3 is 2. The van der Waals surface area contributed by atoms with Gasteiger partial charge in [0.1, 0.15) is 5.56 Å². The minimum atomic E-state index is -1.04. The summed E-state index contributed by atoms with van der Waals surface area (Å²) < 4.78 is 9.92. The maximum atomic E-state index is 11.1. The van der Waals surface area contributed by atoms with E-state index in [1.165, 1.54) is 20.4 Å². The Hall–Kier alpha value is -1.62. The molecule has 0 aromatic carbocycles. The van der Waals surface area contributed by atoms with Gasteiger partial charge >= 0.3 is 5.97 Å². The summed E-state index contributed by atoms with van der Waals surface area (Å²) in [6.45, 7) is 1.90. The SMILES string of the molecule is COCc1cnc(C)c(OC)c1C(=O)O. The fraction of sp³-hybridized carbons (Fsp3) is 0.400. The molecule has 1 aromatic rings.